The summed E-state index contributed by atoms with van der Waals surface area (Å²) >= 11 is 0. The molecule has 296 valence electrons. The van der Waals surface area contributed by atoms with Crippen molar-refractivity contribution in [2.24, 2.45) is 0 Å². The lowest BCUT2D eigenvalue weighted by molar-refractivity contribution is 1.18. The fraction of sp³-hybridized carbons (Fsp3) is 0. The molecular formula is C61H37N3. The van der Waals surface area contributed by atoms with Gasteiger partial charge >= 0.3 is 0 Å². The summed E-state index contributed by atoms with van der Waals surface area (Å²) in [7, 11) is 0. The fourth-order valence-electron chi connectivity index (χ4n) is 9.92. The number of nitrogens with zero attached hydrogens (tertiary/aromatic N) is 3. The third-order valence-electron chi connectivity index (χ3n) is 13.0. The number of pyridine rings is 1. The molecule has 0 spiro atoms. The first-order valence-corrected chi connectivity index (χ1v) is 21.8. The molecule has 64 heavy (non-hydrogen) atoms. The minimum atomic E-state index is 0.664. The van der Waals surface area contributed by atoms with Crippen LogP contribution in [0.3, 0.4) is 0 Å². The first-order chi connectivity index (χ1) is 31.7. The third-order valence-corrected chi connectivity index (χ3v) is 13.0. The molecule has 0 saturated heterocycles. The van der Waals surface area contributed by atoms with Gasteiger partial charge in [-0.1, -0.05) is 194 Å². The molecule has 0 amide bonds. The highest BCUT2D eigenvalue weighted by atomic mass is 14.9. The summed E-state index contributed by atoms with van der Waals surface area (Å²) in [5.41, 5.74) is 12.4. The third kappa shape index (κ3) is 5.94. The lowest BCUT2D eigenvalue weighted by atomic mass is 9.89. The van der Waals surface area contributed by atoms with Gasteiger partial charge in [0.1, 0.15) is 0 Å². The van der Waals surface area contributed by atoms with Crippen molar-refractivity contribution in [2.75, 3.05) is 0 Å². The second kappa shape index (κ2) is 14.5. The summed E-state index contributed by atoms with van der Waals surface area (Å²) in [5.74, 6) is 0.664. The normalized spacial score (nSPS) is 11.8. The van der Waals surface area contributed by atoms with Crippen LogP contribution in [0.1, 0.15) is 0 Å². The Kier molecular flexibility index (Phi) is 8.22. The van der Waals surface area contributed by atoms with Crippen molar-refractivity contribution in [2.45, 2.75) is 0 Å². The lowest BCUT2D eigenvalue weighted by Crippen LogP contribution is -1.97. The van der Waals surface area contributed by atoms with Crippen molar-refractivity contribution < 1.29 is 0 Å². The zero-order chi connectivity index (χ0) is 42.1. The molecule has 0 atom stereocenters. The van der Waals surface area contributed by atoms with Crippen molar-refractivity contribution in [3.05, 3.63) is 224 Å². The van der Waals surface area contributed by atoms with E-state index in [-0.39, 0.29) is 0 Å². The molecule has 3 nitrogen and oxygen atoms in total. The Morgan fingerprint density at radius 1 is 0.250 bits per heavy atom. The van der Waals surface area contributed by atoms with Gasteiger partial charge in [0.05, 0.1) is 22.6 Å². The Labute approximate surface area is 370 Å². The van der Waals surface area contributed by atoms with E-state index in [0.717, 1.165) is 61.2 Å². The van der Waals surface area contributed by atoms with Gasteiger partial charge < -0.3 is 0 Å². The molecule has 11 aromatic carbocycles. The van der Waals surface area contributed by atoms with Gasteiger partial charge in [-0.05, 0) is 95.7 Å². The topological polar surface area (TPSA) is 38.7 Å². The molecule has 2 heterocycles. The molecule has 0 bridgehead atoms. The number of hydrogen-bond donors (Lipinski definition) is 0. The molecule has 3 heteroatoms. The molecule has 13 aromatic rings. The first kappa shape index (κ1) is 36.2. The van der Waals surface area contributed by atoms with E-state index in [1.165, 1.54) is 65.2 Å². The monoisotopic (exact) mass is 811 g/mol. The maximum absolute atomic E-state index is 5.51. The smallest absolute Gasteiger partial charge is 0.160 e. The maximum Gasteiger partial charge on any atom is 0.160 e. The summed E-state index contributed by atoms with van der Waals surface area (Å²) in [6.45, 7) is 0. The minimum absolute atomic E-state index is 0.664. The average molecular weight is 812 g/mol. The van der Waals surface area contributed by atoms with Crippen molar-refractivity contribution in [3.8, 4) is 67.4 Å². The van der Waals surface area contributed by atoms with Crippen LogP contribution in [0.4, 0.5) is 0 Å². The largest absolute Gasteiger partial charge is 0.247 e. The second-order valence-corrected chi connectivity index (χ2v) is 16.7. The predicted molar refractivity (Wildman–Crippen MR) is 269 cm³/mol. The highest BCUT2D eigenvalue weighted by molar-refractivity contribution is 6.26. The van der Waals surface area contributed by atoms with Gasteiger partial charge in [0.25, 0.3) is 0 Å². The highest BCUT2D eigenvalue weighted by Crippen LogP contribution is 2.43. The van der Waals surface area contributed by atoms with Crippen LogP contribution in [0.25, 0.3) is 132 Å². The van der Waals surface area contributed by atoms with Crippen LogP contribution >= 0.6 is 0 Å². The van der Waals surface area contributed by atoms with E-state index >= 15 is 0 Å². The summed E-state index contributed by atoms with van der Waals surface area (Å²) in [6, 6.07) is 80.4. The van der Waals surface area contributed by atoms with Gasteiger partial charge in [0.2, 0.25) is 0 Å². The minimum Gasteiger partial charge on any atom is -0.247 e. The lowest BCUT2D eigenvalue weighted by Gasteiger charge is -2.16. The molecule has 0 saturated carbocycles. The van der Waals surface area contributed by atoms with Gasteiger partial charge in [0, 0.05) is 38.4 Å². The molecule has 0 aliphatic carbocycles. The van der Waals surface area contributed by atoms with Crippen molar-refractivity contribution in [1.29, 1.82) is 0 Å². The highest BCUT2D eigenvalue weighted by Gasteiger charge is 2.18. The van der Waals surface area contributed by atoms with E-state index in [1.807, 2.05) is 6.07 Å². The van der Waals surface area contributed by atoms with Crippen molar-refractivity contribution in [1.82, 2.24) is 15.0 Å². The van der Waals surface area contributed by atoms with Crippen molar-refractivity contribution >= 4 is 64.8 Å². The number of hydrogen-bond acceptors (Lipinski definition) is 3. The number of benzene rings is 11. The molecule has 2 aromatic heterocycles. The molecule has 0 N–H and O–H groups in total. The average Bonchev–Trinajstić information content (AvgIpc) is 3.38. The number of fused-ring (bicyclic) bond motifs is 5. The van der Waals surface area contributed by atoms with Crippen LogP contribution in [-0.2, 0) is 0 Å². The van der Waals surface area contributed by atoms with Crippen molar-refractivity contribution in [3.63, 3.8) is 0 Å². The van der Waals surface area contributed by atoms with Crippen LogP contribution in [0, 0.1) is 0 Å². The van der Waals surface area contributed by atoms with E-state index < -0.39 is 0 Å². The zero-order valence-electron chi connectivity index (χ0n) is 34.7. The maximum atomic E-state index is 5.51. The molecule has 13 rings (SSSR count). The van der Waals surface area contributed by atoms with Crippen LogP contribution in [0.5, 0.6) is 0 Å². The Morgan fingerprint density at radius 3 is 1.66 bits per heavy atom. The van der Waals surface area contributed by atoms with E-state index in [0.29, 0.717) is 5.82 Å². The van der Waals surface area contributed by atoms with E-state index in [1.54, 1.807) is 0 Å². The van der Waals surface area contributed by atoms with Gasteiger partial charge in [-0.15, -0.1) is 0 Å². The molecule has 0 aliphatic heterocycles. The summed E-state index contributed by atoms with van der Waals surface area (Å²) in [5, 5.41) is 13.6. The van der Waals surface area contributed by atoms with Gasteiger partial charge in [-0.25, -0.2) is 15.0 Å². The van der Waals surface area contributed by atoms with Crippen LogP contribution in [0.2, 0.25) is 0 Å². The molecule has 0 fully saturated rings. The predicted octanol–water partition coefficient (Wildman–Crippen LogP) is 16.2. The Hall–Kier alpha value is -8.53. The van der Waals surface area contributed by atoms with Crippen LogP contribution in [-0.4, -0.2) is 15.0 Å². The molecule has 0 unspecified atom stereocenters. The number of aromatic nitrogens is 3. The number of rotatable bonds is 6. The summed E-state index contributed by atoms with van der Waals surface area (Å²) in [4.78, 5) is 16.0. The van der Waals surface area contributed by atoms with Crippen LogP contribution < -0.4 is 0 Å². The zero-order valence-corrected chi connectivity index (χ0v) is 34.7. The molecular weight excluding hydrogens is 775 g/mol. The van der Waals surface area contributed by atoms with Crippen LogP contribution in [0.15, 0.2) is 224 Å². The van der Waals surface area contributed by atoms with E-state index in [2.05, 4.69) is 218 Å². The Bertz CT molecular complexity index is 3930. The quantitative estimate of drug-likeness (QED) is 0.157. The van der Waals surface area contributed by atoms with E-state index in [9.17, 15) is 0 Å². The van der Waals surface area contributed by atoms with E-state index in [4.69, 9.17) is 15.0 Å². The Morgan fingerprint density at radius 2 is 0.828 bits per heavy atom. The first-order valence-electron chi connectivity index (χ1n) is 21.8. The molecule has 0 radical (unpaired) electrons. The second-order valence-electron chi connectivity index (χ2n) is 16.7. The SMILES string of the molecule is c1ccc(-c2cccc(-c3cc(-c4ccccc4)nc(-c4cccc(-c5nc6ccc(-c7ccc8ccc9cccc%10ccc7c8c9%10)cc6c6c5ccc5ccccc56)c4)n3)c2)cc1. The fourth-order valence-corrected chi connectivity index (χ4v) is 9.92. The summed E-state index contributed by atoms with van der Waals surface area (Å²) < 4.78 is 0. The van der Waals surface area contributed by atoms with Gasteiger partial charge in [-0.2, -0.15) is 0 Å². The molecule has 0 aliphatic rings. The summed E-state index contributed by atoms with van der Waals surface area (Å²) in [6.07, 6.45) is 0. The van der Waals surface area contributed by atoms with Gasteiger partial charge in [0.15, 0.2) is 5.82 Å². The standard InChI is InChI=1S/C61H37N3/c1-3-12-38(13-4-1)44-19-10-20-46(34-44)56-37-55(40-15-5-2-6-16-40)63-61(64-56)48-22-11-21-47(35-48)60-52-32-26-39-14-7-8-23-50(39)59(52)53-36-45(29-33-54(53)62-60)49-30-27-43-25-24-41-17-9-18-42-28-31-51(49)58(43)57(41)42/h1-37H. The van der Waals surface area contributed by atoms with Gasteiger partial charge in [-0.3, -0.25) is 0 Å². The Balaban J connectivity index is 0.985.